The molecule has 0 aliphatic carbocycles. The van der Waals surface area contributed by atoms with Crippen molar-refractivity contribution < 1.29 is 8.94 Å². The summed E-state index contributed by atoms with van der Waals surface area (Å²) in [5.41, 5.74) is 1.70. The zero-order valence-corrected chi connectivity index (χ0v) is 11.7. The largest absolute Gasteiger partial charge is 0.463 e. The molecule has 2 aromatic heterocycles. The minimum absolute atomic E-state index is 0.540. The molecule has 1 N–H and O–H groups in total. The van der Waals surface area contributed by atoms with Gasteiger partial charge in [-0.3, -0.25) is 0 Å². The average Bonchev–Trinajstić information content (AvgIpc) is 3.14. The van der Waals surface area contributed by atoms with Crippen LogP contribution in [-0.2, 0) is 6.42 Å². The molecule has 1 fully saturated rings. The first-order chi connectivity index (χ1) is 10.4. The summed E-state index contributed by atoms with van der Waals surface area (Å²) in [5.74, 6) is 1.92. The number of rotatable bonds is 3. The van der Waals surface area contributed by atoms with Crippen LogP contribution in [0.25, 0.3) is 22.4 Å². The first kappa shape index (κ1) is 12.6. The number of hydrogen-bond donors (Lipinski definition) is 1. The monoisotopic (exact) mass is 283 g/mol. The number of nitrogens with one attached hydrogen (secondary N) is 1. The molecule has 5 nitrogen and oxygen atoms in total. The topological polar surface area (TPSA) is 64.1 Å². The van der Waals surface area contributed by atoms with E-state index in [9.17, 15) is 0 Å². The maximum absolute atomic E-state index is 5.52. The third kappa shape index (κ3) is 2.45. The van der Waals surface area contributed by atoms with Crippen molar-refractivity contribution in [3.63, 3.8) is 0 Å². The highest BCUT2D eigenvalue weighted by Gasteiger charge is 2.19. The van der Waals surface area contributed by atoms with E-state index in [0.29, 0.717) is 11.8 Å². The molecule has 0 saturated carbocycles. The van der Waals surface area contributed by atoms with Crippen molar-refractivity contribution in [1.82, 2.24) is 15.5 Å². The zero-order valence-electron chi connectivity index (χ0n) is 11.7. The van der Waals surface area contributed by atoms with Crippen LogP contribution in [0.4, 0.5) is 0 Å². The second-order valence-corrected chi connectivity index (χ2v) is 5.58. The van der Waals surface area contributed by atoms with Gasteiger partial charge in [0.2, 0.25) is 0 Å². The van der Waals surface area contributed by atoms with Crippen LogP contribution in [-0.4, -0.2) is 23.2 Å². The SMILES string of the molecule is c1ccc2c(-c3nc(CC4CCCNC4)no3)coc2c1. The molecule has 108 valence electrons. The van der Waals surface area contributed by atoms with E-state index in [1.165, 1.54) is 12.8 Å². The number of furan rings is 1. The van der Waals surface area contributed by atoms with Crippen LogP contribution in [0.5, 0.6) is 0 Å². The summed E-state index contributed by atoms with van der Waals surface area (Å²) < 4.78 is 10.9. The highest BCUT2D eigenvalue weighted by molar-refractivity contribution is 5.91. The third-order valence-corrected chi connectivity index (χ3v) is 4.05. The van der Waals surface area contributed by atoms with Gasteiger partial charge in [-0.25, -0.2) is 0 Å². The molecule has 0 bridgehead atoms. The van der Waals surface area contributed by atoms with Gasteiger partial charge in [-0.15, -0.1) is 0 Å². The number of nitrogens with zero attached hydrogens (tertiary/aromatic N) is 2. The van der Waals surface area contributed by atoms with Crippen molar-refractivity contribution in [3.8, 4) is 11.5 Å². The molecule has 0 amide bonds. The molecule has 0 spiro atoms. The smallest absolute Gasteiger partial charge is 0.261 e. The van der Waals surface area contributed by atoms with E-state index >= 15 is 0 Å². The van der Waals surface area contributed by atoms with Gasteiger partial charge in [0.25, 0.3) is 5.89 Å². The van der Waals surface area contributed by atoms with E-state index in [1.807, 2.05) is 24.3 Å². The third-order valence-electron chi connectivity index (χ3n) is 4.05. The van der Waals surface area contributed by atoms with Crippen molar-refractivity contribution in [3.05, 3.63) is 36.4 Å². The van der Waals surface area contributed by atoms with E-state index in [4.69, 9.17) is 8.94 Å². The van der Waals surface area contributed by atoms with Crippen LogP contribution in [0.15, 0.2) is 39.5 Å². The molecule has 21 heavy (non-hydrogen) atoms. The second kappa shape index (κ2) is 5.33. The van der Waals surface area contributed by atoms with Crippen molar-refractivity contribution in [1.29, 1.82) is 0 Å². The molecular weight excluding hydrogens is 266 g/mol. The van der Waals surface area contributed by atoms with Gasteiger partial charge in [-0.05, 0) is 37.9 Å². The van der Waals surface area contributed by atoms with Gasteiger partial charge in [0.05, 0.1) is 5.56 Å². The van der Waals surface area contributed by atoms with Crippen molar-refractivity contribution >= 4 is 11.0 Å². The van der Waals surface area contributed by atoms with Gasteiger partial charge in [0.1, 0.15) is 11.8 Å². The predicted octanol–water partition coefficient (Wildman–Crippen LogP) is 3.02. The molecule has 4 rings (SSSR count). The Balaban J connectivity index is 1.59. The fourth-order valence-corrected chi connectivity index (χ4v) is 2.95. The van der Waals surface area contributed by atoms with Gasteiger partial charge >= 0.3 is 0 Å². The van der Waals surface area contributed by atoms with E-state index in [2.05, 4.69) is 15.5 Å². The Morgan fingerprint density at radius 3 is 3.14 bits per heavy atom. The van der Waals surface area contributed by atoms with Crippen LogP contribution in [0.1, 0.15) is 18.7 Å². The van der Waals surface area contributed by atoms with Gasteiger partial charge < -0.3 is 14.3 Å². The number of hydrogen-bond acceptors (Lipinski definition) is 5. The van der Waals surface area contributed by atoms with Crippen molar-refractivity contribution in [2.24, 2.45) is 5.92 Å². The summed E-state index contributed by atoms with van der Waals surface area (Å²) in [6, 6.07) is 7.87. The number of aromatic nitrogens is 2. The maximum atomic E-state index is 5.52. The molecule has 1 aliphatic heterocycles. The molecule has 3 aromatic rings. The van der Waals surface area contributed by atoms with Crippen LogP contribution in [0, 0.1) is 5.92 Å². The average molecular weight is 283 g/mol. The highest BCUT2D eigenvalue weighted by Crippen LogP contribution is 2.29. The van der Waals surface area contributed by atoms with Crippen LogP contribution in [0.2, 0.25) is 0 Å². The highest BCUT2D eigenvalue weighted by atomic mass is 16.5. The van der Waals surface area contributed by atoms with Crippen molar-refractivity contribution in [2.45, 2.75) is 19.3 Å². The van der Waals surface area contributed by atoms with Gasteiger partial charge in [0, 0.05) is 11.8 Å². The molecule has 1 saturated heterocycles. The Bertz CT molecular complexity index is 741. The van der Waals surface area contributed by atoms with Crippen LogP contribution in [0.3, 0.4) is 0 Å². The molecule has 3 heterocycles. The molecular formula is C16H17N3O2. The standard InChI is InChI=1S/C16H17N3O2/c1-2-6-14-12(5-1)13(10-20-14)16-18-15(19-21-16)8-11-4-3-7-17-9-11/h1-2,5-6,10-11,17H,3-4,7-9H2. The summed E-state index contributed by atoms with van der Waals surface area (Å²) in [6.45, 7) is 2.16. The summed E-state index contributed by atoms with van der Waals surface area (Å²) in [5, 5.41) is 8.54. The summed E-state index contributed by atoms with van der Waals surface area (Å²) in [6.07, 6.45) is 5.00. The van der Waals surface area contributed by atoms with Gasteiger partial charge in [0.15, 0.2) is 5.82 Å². The Labute approximate surface area is 122 Å². The molecule has 1 aliphatic rings. The lowest BCUT2D eigenvalue weighted by atomic mass is 9.96. The number of para-hydroxylation sites is 1. The van der Waals surface area contributed by atoms with Crippen molar-refractivity contribution in [2.75, 3.05) is 13.1 Å². The Morgan fingerprint density at radius 1 is 1.29 bits per heavy atom. The van der Waals surface area contributed by atoms with E-state index in [0.717, 1.165) is 41.9 Å². The Morgan fingerprint density at radius 2 is 2.24 bits per heavy atom. The van der Waals surface area contributed by atoms with E-state index < -0.39 is 0 Å². The number of piperidine rings is 1. The summed E-state index contributed by atoms with van der Waals surface area (Å²) >= 11 is 0. The normalized spacial score (nSPS) is 19.1. The minimum atomic E-state index is 0.540. The molecule has 5 heteroatoms. The van der Waals surface area contributed by atoms with Gasteiger partial charge in [-0.1, -0.05) is 23.4 Å². The number of fused-ring (bicyclic) bond motifs is 1. The van der Waals surface area contributed by atoms with E-state index in [-0.39, 0.29) is 0 Å². The fourth-order valence-electron chi connectivity index (χ4n) is 2.95. The maximum Gasteiger partial charge on any atom is 0.261 e. The molecule has 0 radical (unpaired) electrons. The molecule has 1 unspecified atom stereocenters. The summed E-state index contributed by atoms with van der Waals surface area (Å²) in [7, 11) is 0. The predicted molar refractivity (Wildman–Crippen MR) is 78.8 cm³/mol. The second-order valence-electron chi connectivity index (χ2n) is 5.58. The summed E-state index contributed by atoms with van der Waals surface area (Å²) in [4.78, 5) is 4.53. The lowest BCUT2D eigenvalue weighted by Crippen LogP contribution is -2.31. The van der Waals surface area contributed by atoms with E-state index in [1.54, 1.807) is 6.26 Å². The number of benzene rings is 1. The van der Waals surface area contributed by atoms with Gasteiger partial charge in [-0.2, -0.15) is 4.98 Å². The lowest BCUT2D eigenvalue weighted by Gasteiger charge is -2.20. The molecule has 1 atom stereocenters. The minimum Gasteiger partial charge on any atom is -0.463 e. The zero-order chi connectivity index (χ0) is 14.1. The first-order valence-electron chi connectivity index (χ1n) is 7.40. The van der Waals surface area contributed by atoms with Crippen LogP contribution < -0.4 is 5.32 Å². The first-order valence-corrected chi connectivity index (χ1v) is 7.40. The quantitative estimate of drug-likeness (QED) is 0.800. The Hall–Kier alpha value is -2.14. The lowest BCUT2D eigenvalue weighted by molar-refractivity contribution is 0.360. The van der Waals surface area contributed by atoms with Crippen LogP contribution >= 0.6 is 0 Å². The Kier molecular flexibility index (Phi) is 3.20. The fraction of sp³-hybridized carbons (Fsp3) is 0.375. The molecule has 1 aromatic carbocycles.